The van der Waals surface area contributed by atoms with Crippen molar-refractivity contribution >= 4 is 11.4 Å². The van der Waals surface area contributed by atoms with Crippen molar-refractivity contribution in [3.05, 3.63) is 70.5 Å². The maximum atomic E-state index is 13.3. The first kappa shape index (κ1) is 24.2. The van der Waals surface area contributed by atoms with Crippen LogP contribution >= 0.6 is 0 Å². The van der Waals surface area contributed by atoms with Crippen molar-refractivity contribution in [2.75, 3.05) is 52.5 Å². The van der Waals surface area contributed by atoms with Gasteiger partial charge in [0.25, 0.3) is 0 Å². The Bertz CT molecular complexity index is 1240. The smallest absolute Gasteiger partial charge is 0.231 e. The summed E-state index contributed by atoms with van der Waals surface area (Å²) in [7, 11) is 0. The quantitative estimate of drug-likeness (QED) is 0.570. The number of ketones is 1. The zero-order valence-corrected chi connectivity index (χ0v) is 21.2. The van der Waals surface area contributed by atoms with E-state index in [1.54, 1.807) is 12.1 Å². The number of morpholine rings is 1. The molecule has 0 atom stereocenters. The molecule has 2 fully saturated rings. The molecule has 0 spiro atoms. The molecule has 0 aromatic heterocycles. The second-order valence-corrected chi connectivity index (χ2v) is 10.2. The zero-order valence-electron chi connectivity index (χ0n) is 21.2. The van der Waals surface area contributed by atoms with Crippen LogP contribution in [0.25, 0.3) is 5.57 Å². The first-order valence-corrected chi connectivity index (χ1v) is 13.4. The second kappa shape index (κ2) is 10.7. The molecule has 2 saturated heterocycles. The molecule has 3 heterocycles. The molecule has 7 heteroatoms. The molecule has 0 saturated carbocycles. The monoisotopic (exact) mass is 502 g/mol. The summed E-state index contributed by atoms with van der Waals surface area (Å²) in [5, 5.41) is 10.6. The van der Waals surface area contributed by atoms with Gasteiger partial charge in [0.05, 0.1) is 24.3 Å². The normalized spacial score (nSPS) is 21.0. The highest BCUT2D eigenvalue weighted by Gasteiger charge is 2.32. The maximum absolute atomic E-state index is 13.3. The number of benzene rings is 2. The number of phenolic OH excluding ortho intramolecular Hbond substituents is 1. The van der Waals surface area contributed by atoms with Crippen LogP contribution in [0.15, 0.2) is 48.2 Å². The van der Waals surface area contributed by atoms with Crippen molar-refractivity contribution in [2.45, 2.75) is 32.2 Å². The average molecular weight is 503 g/mol. The molecule has 1 aliphatic carbocycles. The number of piperidine rings is 1. The molecular formula is C30H34N2O5. The number of fused-ring (bicyclic) bond motifs is 2. The van der Waals surface area contributed by atoms with Gasteiger partial charge in [0.15, 0.2) is 5.76 Å². The molecular weight excluding hydrogens is 468 g/mol. The predicted molar refractivity (Wildman–Crippen MR) is 141 cm³/mol. The lowest BCUT2D eigenvalue weighted by molar-refractivity contribution is 0.0322. The lowest BCUT2D eigenvalue weighted by Gasteiger charge is -2.27. The standard InChI is InChI=1S/C30H34N2O5/c33-27-9-8-24-29(34)28(37-30(24)26(27)20-32-10-2-1-3-11-32)18-22-5-4-21-6-7-23(19-25(21)22)36-17-14-31-12-15-35-16-13-31/h5-9,18-19,33H,1-4,10-17,20H2/b28-18-. The van der Waals surface area contributed by atoms with Crippen molar-refractivity contribution in [3.8, 4) is 17.2 Å². The molecule has 194 valence electrons. The number of nitrogens with zero attached hydrogens (tertiary/aromatic N) is 2. The van der Waals surface area contributed by atoms with E-state index in [-0.39, 0.29) is 11.5 Å². The minimum atomic E-state index is -0.137. The van der Waals surface area contributed by atoms with E-state index >= 15 is 0 Å². The van der Waals surface area contributed by atoms with Crippen LogP contribution in [0.4, 0.5) is 0 Å². The van der Waals surface area contributed by atoms with E-state index in [2.05, 4.69) is 28.0 Å². The molecule has 0 bridgehead atoms. The number of phenols is 1. The number of carbonyl (C=O) groups excluding carboxylic acids is 1. The summed E-state index contributed by atoms with van der Waals surface area (Å²) >= 11 is 0. The van der Waals surface area contributed by atoms with E-state index in [9.17, 15) is 9.90 Å². The number of allylic oxidation sites excluding steroid dienone is 4. The van der Waals surface area contributed by atoms with Crippen LogP contribution in [0, 0.1) is 0 Å². The fraction of sp³-hybridized carbons (Fsp3) is 0.433. The molecule has 1 N–H and O–H groups in total. The van der Waals surface area contributed by atoms with E-state index < -0.39 is 0 Å². The Balaban J connectivity index is 1.17. The van der Waals surface area contributed by atoms with Crippen LogP contribution in [-0.4, -0.2) is 73.2 Å². The lowest BCUT2D eigenvalue weighted by atomic mass is 10.0. The predicted octanol–water partition coefficient (Wildman–Crippen LogP) is 4.19. The van der Waals surface area contributed by atoms with Gasteiger partial charge < -0.3 is 19.3 Å². The number of ether oxygens (including phenoxy) is 3. The van der Waals surface area contributed by atoms with Crippen molar-refractivity contribution in [1.82, 2.24) is 9.80 Å². The van der Waals surface area contributed by atoms with Gasteiger partial charge in [-0.25, -0.2) is 0 Å². The number of carbonyl (C=O) groups is 1. The highest BCUT2D eigenvalue weighted by Crippen LogP contribution is 2.41. The molecule has 0 unspecified atom stereocenters. The highest BCUT2D eigenvalue weighted by molar-refractivity contribution is 6.14. The Kier molecular flexibility index (Phi) is 7.00. The van der Waals surface area contributed by atoms with Gasteiger partial charge in [0, 0.05) is 26.2 Å². The van der Waals surface area contributed by atoms with Gasteiger partial charge >= 0.3 is 0 Å². The minimum absolute atomic E-state index is 0.137. The van der Waals surface area contributed by atoms with E-state index in [0.29, 0.717) is 35.8 Å². The van der Waals surface area contributed by atoms with Crippen LogP contribution in [0.1, 0.15) is 46.3 Å². The molecule has 7 nitrogen and oxygen atoms in total. The maximum Gasteiger partial charge on any atom is 0.231 e. The SMILES string of the molecule is O=C1/C(=C/C2=CCc3ccc(OCCN4CCOCC4)cc32)Oc2c1ccc(O)c2CN1CCCCC1. The Morgan fingerprint density at radius 1 is 0.973 bits per heavy atom. The average Bonchev–Trinajstić information content (AvgIpc) is 3.47. The summed E-state index contributed by atoms with van der Waals surface area (Å²) < 4.78 is 17.6. The van der Waals surface area contributed by atoms with Crippen LogP contribution in [0.2, 0.25) is 0 Å². The van der Waals surface area contributed by atoms with E-state index in [1.165, 1.54) is 12.0 Å². The third kappa shape index (κ3) is 5.17. The lowest BCUT2D eigenvalue weighted by Crippen LogP contribution is -2.38. The zero-order chi connectivity index (χ0) is 25.2. The third-order valence-corrected chi connectivity index (χ3v) is 7.75. The Hall–Kier alpha value is -3.13. The summed E-state index contributed by atoms with van der Waals surface area (Å²) in [5.74, 6) is 1.68. The second-order valence-electron chi connectivity index (χ2n) is 10.2. The van der Waals surface area contributed by atoms with E-state index in [1.807, 2.05) is 12.1 Å². The molecule has 0 amide bonds. The largest absolute Gasteiger partial charge is 0.507 e. The molecule has 2 aromatic rings. The van der Waals surface area contributed by atoms with Gasteiger partial charge in [-0.3, -0.25) is 14.6 Å². The first-order chi connectivity index (χ1) is 18.2. The van der Waals surface area contributed by atoms with Crippen molar-refractivity contribution in [3.63, 3.8) is 0 Å². The summed E-state index contributed by atoms with van der Waals surface area (Å²) in [5.41, 5.74) is 4.47. The first-order valence-electron chi connectivity index (χ1n) is 13.4. The molecule has 2 aromatic carbocycles. The summed E-state index contributed by atoms with van der Waals surface area (Å²) in [4.78, 5) is 17.9. The summed E-state index contributed by atoms with van der Waals surface area (Å²) in [6, 6.07) is 9.47. The van der Waals surface area contributed by atoms with Gasteiger partial charge in [-0.2, -0.15) is 0 Å². The number of Topliss-reactive ketones (excluding diaryl/α,β-unsaturated/α-hetero) is 1. The number of likely N-dealkylation sites (tertiary alicyclic amines) is 1. The fourth-order valence-electron chi connectivity index (χ4n) is 5.61. The molecule has 3 aliphatic heterocycles. The summed E-state index contributed by atoms with van der Waals surface area (Å²) in [6.45, 7) is 7.55. The van der Waals surface area contributed by atoms with Gasteiger partial charge in [-0.1, -0.05) is 18.6 Å². The van der Waals surface area contributed by atoms with Gasteiger partial charge in [-0.05, 0) is 79.4 Å². The minimum Gasteiger partial charge on any atom is -0.507 e. The van der Waals surface area contributed by atoms with Crippen LogP contribution in [0.5, 0.6) is 17.2 Å². The van der Waals surface area contributed by atoms with E-state index in [0.717, 1.165) is 82.1 Å². The van der Waals surface area contributed by atoms with Crippen molar-refractivity contribution < 1.29 is 24.1 Å². The van der Waals surface area contributed by atoms with Crippen molar-refractivity contribution in [1.29, 1.82) is 0 Å². The number of aromatic hydroxyl groups is 1. The number of hydrogen-bond donors (Lipinski definition) is 1. The topological polar surface area (TPSA) is 71.5 Å². The molecule has 4 aliphatic rings. The number of hydrogen-bond acceptors (Lipinski definition) is 7. The van der Waals surface area contributed by atoms with Crippen molar-refractivity contribution in [2.24, 2.45) is 0 Å². The van der Waals surface area contributed by atoms with Gasteiger partial charge in [0.2, 0.25) is 5.78 Å². The van der Waals surface area contributed by atoms with Crippen LogP contribution in [-0.2, 0) is 17.7 Å². The van der Waals surface area contributed by atoms with Crippen LogP contribution < -0.4 is 9.47 Å². The highest BCUT2D eigenvalue weighted by atomic mass is 16.5. The van der Waals surface area contributed by atoms with Gasteiger partial charge in [0.1, 0.15) is 23.9 Å². The third-order valence-electron chi connectivity index (χ3n) is 7.75. The Morgan fingerprint density at radius 3 is 2.65 bits per heavy atom. The molecule has 6 rings (SSSR count). The Labute approximate surface area is 217 Å². The van der Waals surface area contributed by atoms with E-state index in [4.69, 9.17) is 14.2 Å². The fourth-order valence-corrected chi connectivity index (χ4v) is 5.61. The summed E-state index contributed by atoms with van der Waals surface area (Å²) in [6.07, 6.45) is 8.34. The molecule has 37 heavy (non-hydrogen) atoms. The molecule has 0 radical (unpaired) electrons. The number of rotatable bonds is 7. The van der Waals surface area contributed by atoms with Gasteiger partial charge in [-0.15, -0.1) is 0 Å². The Morgan fingerprint density at radius 2 is 1.81 bits per heavy atom. The van der Waals surface area contributed by atoms with Crippen LogP contribution in [0.3, 0.4) is 0 Å².